The number of aliphatic hydroxyl groups is 1. The molecule has 2 saturated carbocycles. The van der Waals surface area contributed by atoms with Crippen molar-refractivity contribution in [3.63, 3.8) is 0 Å². The summed E-state index contributed by atoms with van der Waals surface area (Å²) in [4.78, 5) is 0. The summed E-state index contributed by atoms with van der Waals surface area (Å²) in [6, 6.07) is 0. The predicted molar refractivity (Wildman–Crippen MR) is 91.1 cm³/mol. The summed E-state index contributed by atoms with van der Waals surface area (Å²) >= 11 is 0. The number of hydrogen-bond donors (Lipinski definition) is 1. The van der Waals surface area contributed by atoms with Gasteiger partial charge in [-0.3, -0.25) is 0 Å². The van der Waals surface area contributed by atoms with Gasteiger partial charge in [0, 0.05) is 0 Å². The van der Waals surface area contributed by atoms with E-state index in [1.807, 2.05) is 6.08 Å². The maximum Gasteiger partial charge on any atom is 0.0653 e. The van der Waals surface area contributed by atoms with E-state index >= 15 is 0 Å². The zero-order chi connectivity index (χ0) is 15.9. The monoisotopic (exact) mass is 290 g/mol. The minimum Gasteiger partial charge on any atom is -0.390 e. The average Bonchev–Trinajstić information content (AvgIpc) is 2.35. The summed E-state index contributed by atoms with van der Waals surface area (Å²) < 4.78 is 0. The van der Waals surface area contributed by atoms with Crippen LogP contribution >= 0.6 is 0 Å². The molecule has 2 rings (SSSR count). The number of allylic oxidation sites excluding steroid dienone is 2. The van der Waals surface area contributed by atoms with Crippen molar-refractivity contribution in [3.05, 3.63) is 24.8 Å². The summed E-state index contributed by atoms with van der Waals surface area (Å²) in [7, 11) is 0. The Bertz CT molecular complexity index is 418. The van der Waals surface area contributed by atoms with E-state index in [2.05, 4.69) is 40.9 Å². The highest BCUT2D eigenvalue weighted by Gasteiger charge is 2.57. The highest BCUT2D eigenvalue weighted by molar-refractivity contribution is 5.13. The van der Waals surface area contributed by atoms with Crippen LogP contribution in [0.5, 0.6) is 0 Å². The van der Waals surface area contributed by atoms with Gasteiger partial charge in [0.1, 0.15) is 0 Å². The van der Waals surface area contributed by atoms with E-state index in [-0.39, 0.29) is 5.41 Å². The maximum atomic E-state index is 11.0. The van der Waals surface area contributed by atoms with E-state index < -0.39 is 5.60 Å². The summed E-state index contributed by atoms with van der Waals surface area (Å²) in [5.74, 6) is 1.11. The fourth-order valence-electron chi connectivity index (χ4n) is 5.70. The second-order valence-electron chi connectivity index (χ2n) is 8.75. The third kappa shape index (κ3) is 2.99. The minimum absolute atomic E-state index is 0.269. The Morgan fingerprint density at radius 3 is 2.48 bits per heavy atom. The Morgan fingerprint density at radius 1 is 1.19 bits per heavy atom. The maximum absolute atomic E-state index is 11.0. The molecule has 0 unspecified atom stereocenters. The zero-order valence-electron chi connectivity index (χ0n) is 14.5. The second kappa shape index (κ2) is 5.57. The van der Waals surface area contributed by atoms with Gasteiger partial charge in [-0.05, 0) is 68.1 Å². The number of fused-ring (bicyclic) bond motifs is 1. The Labute approximate surface area is 131 Å². The van der Waals surface area contributed by atoms with Gasteiger partial charge in [-0.25, -0.2) is 0 Å². The third-order valence-electron chi connectivity index (χ3n) is 6.80. The van der Waals surface area contributed by atoms with Gasteiger partial charge in [0.15, 0.2) is 0 Å². The lowest BCUT2D eigenvalue weighted by Gasteiger charge is -2.61. The van der Waals surface area contributed by atoms with Gasteiger partial charge in [0.25, 0.3) is 0 Å². The van der Waals surface area contributed by atoms with Crippen LogP contribution < -0.4 is 0 Å². The summed E-state index contributed by atoms with van der Waals surface area (Å²) in [5, 5.41) is 11.0. The van der Waals surface area contributed by atoms with E-state index in [1.165, 1.54) is 25.7 Å². The molecule has 1 heteroatoms. The van der Waals surface area contributed by atoms with Crippen LogP contribution in [0.15, 0.2) is 24.8 Å². The molecule has 2 fully saturated rings. The molecule has 0 aromatic rings. The molecule has 4 atom stereocenters. The zero-order valence-corrected chi connectivity index (χ0v) is 14.5. The molecule has 21 heavy (non-hydrogen) atoms. The lowest BCUT2D eigenvalue weighted by atomic mass is 9.45. The first-order valence-electron chi connectivity index (χ1n) is 8.66. The van der Waals surface area contributed by atoms with Crippen molar-refractivity contribution in [1.82, 2.24) is 0 Å². The number of rotatable bonds is 4. The van der Waals surface area contributed by atoms with Crippen molar-refractivity contribution in [2.45, 2.75) is 78.2 Å². The van der Waals surface area contributed by atoms with E-state index in [9.17, 15) is 5.11 Å². The molecule has 120 valence electrons. The summed E-state index contributed by atoms with van der Waals surface area (Å²) in [6.45, 7) is 17.3. The molecule has 0 heterocycles. The Kier molecular flexibility index (Phi) is 4.46. The van der Waals surface area contributed by atoms with Gasteiger partial charge >= 0.3 is 0 Å². The Hall–Kier alpha value is -0.560. The smallest absolute Gasteiger partial charge is 0.0653 e. The molecule has 0 aliphatic heterocycles. The topological polar surface area (TPSA) is 20.2 Å². The molecule has 0 saturated heterocycles. The van der Waals surface area contributed by atoms with Crippen LogP contribution in [0, 0.1) is 22.7 Å². The largest absolute Gasteiger partial charge is 0.390 e. The SMILES string of the molecule is C=CC(=C)CC[C@@H]1[C@]2(C)CCCC(C)(C)[C@H]2CC[C@@]1(C)O. The quantitative estimate of drug-likeness (QED) is 0.678. The molecule has 1 N–H and O–H groups in total. The van der Waals surface area contributed by atoms with E-state index in [1.54, 1.807) is 0 Å². The van der Waals surface area contributed by atoms with Crippen molar-refractivity contribution in [2.24, 2.45) is 22.7 Å². The van der Waals surface area contributed by atoms with Gasteiger partial charge in [-0.2, -0.15) is 0 Å². The van der Waals surface area contributed by atoms with Crippen molar-refractivity contribution in [1.29, 1.82) is 0 Å². The fraction of sp³-hybridized carbons (Fsp3) is 0.800. The molecule has 1 nitrogen and oxygen atoms in total. The lowest BCUT2D eigenvalue weighted by Crippen LogP contribution is -2.57. The van der Waals surface area contributed by atoms with Crippen LogP contribution in [0.3, 0.4) is 0 Å². The molecule has 0 radical (unpaired) electrons. The highest BCUT2D eigenvalue weighted by atomic mass is 16.3. The van der Waals surface area contributed by atoms with Gasteiger partial charge in [-0.1, -0.05) is 52.0 Å². The highest BCUT2D eigenvalue weighted by Crippen LogP contribution is 2.62. The molecular weight excluding hydrogens is 256 g/mol. The standard InChI is InChI=1S/C20H34O/c1-7-15(2)9-10-17-19(5)13-8-12-18(3,4)16(19)11-14-20(17,6)21/h7,16-17,21H,1-2,8-14H2,3-6H3/t16-,17-,19-,20-/m1/s1. The van der Waals surface area contributed by atoms with E-state index in [4.69, 9.17) is 0 Å². The van der Waals surface area contributed by atoms with E-state index in [0.717, 1.165) is 30.8 Å². The molecular formula is C20H34O. The molecule has 0 bridgehead atoms. The fourth-order valence-corrected chi connectivity index (χ4v) is 5.70. The second-order valence-corrected chi connectivity index (χ2v) is 8.75. The van der Waals surface area contributed by atoms with Crippen LogP contribution in [0.25, 0.3) is 0 Å². The van der Waals surface area contributed by atoms with Gasteiger partial charge in [-0.15, -0.1) is 0 Å². The van der Waals surface area contributed by atoms with Crippen molar-refractivity contribution < 1.29 is 5.11 Å². The molecule has 2 aliphatic carbocycles. The molecule has 2 aliphatic rings. The first-order valence-corrected chi connectivity index (χ1v) is 8.66. The first-order chi connectivity index (χ1) is 9.63. The Morgan fingerprint density at radius 2 is 1.86 bits per heavy atom. The predicted octanol–water partition coefficient (Wildman–Crippen LogP) is 5.50. The van der Waals surface area contributed by atoms with Crippen LogP contribution in [-0.4, -0.2) is 10.7 Å². The Balaban J connectivity index is 2.28. The van der Waals surface area contributed by atoms with E-state index in [0.29, 0.717) is 11.3 Å². The first kappa shape index (κ1) is 16.8. The minimum atomic E-state index is -0.528. The van der Waals surface area contributed by atoms with Crippen molar-refractivity contribution in [3.8, 4) is 0 Å². The van der Waals surface area contributed by atoms with Gasteiger partial charge in [0.2, 0.25) is 0 Å². The van der Waals surface area contributed by atoms with Gasteiger partial charge in [0.05, 0.1) is 5.60 Å². The number of hydrogen-bond acceptors (Lipinski definition) is 1. The van der Waals surface area contributed by atoms with Crippen molar-refractivity contribution in [2.75, 3.05) is 0 Å². The molecule has 0 amide bonds. The third-order valence-corrected chi connectivity index (χ3v) is 6.80. The van der Waals surface area contributed by atoms with Crippen LogP contribution in [0.4, 0.5) is 0 Å². The van der Waals surface area contributed by atoms with Crippen LogP contribution in [0.2, 0.25) is 0 Å². The molecule has 0 aromatic heterocycles. The molecule has 0 aromatic carbocycles. The normalized spacial score (nSPS) is 42.1. The lowest BCUT2D eigenvalue weighted by molar-refractivity contribution is -0.168. The van der Waals surface area contributed by atoms with Gasteiger partial charge < -0.3 is 5.11 Å². The van der Waals surface area contributed by atoms with Crippen LogP contribution in [0.1, 0.15) is 72.6 Å². The summed E-state index contributed by atoms with van der Waals surface area (Å²) in [6.07, 6.45) is 9.90. The van der Waals surface area contributed by atoms with Crippen molar-refractivity contribution >= 4 is 0 Å². The molecule has 0 spiro atoms. The van der Waals surface area contributed by atoms with Crippen LogP contribution in [-0.2, 0) is 0 Å². The summed E-state index contributed by atoms with van der Waals surface area (Å²) in [5.41, 5.74) is 1.26. The average molecular weight is 290 g/mol.